The van der Waals surface area contributed by atoms with E-state index in [1.54, 1.807) is 6.07 Å². The maximum absolute atomic E-state index is 10.9. The van der Waals surface area contributed by atoms with Gasteiger partial charge in [0.25, 0.3) is 5.56 Å². The van der Waals surface area contributed by atoms with Crippen LogP contribution in [-0.4, -0.2) is 10.2 Å². The number of rotatable bonds is 1. The highest BCUT2D eigenvalue weighted by Gasteiger charge is 2.06. The van der Waals surface area contributed by atoms with Crippen LogP contribution in [0.5, 0.6) is 0 Å². The van der Waals surface area contributed by atoms with Crippen molar-refractivity contribution in [2.75, 3.05) is 0 Å². The Morgan fingerprint density at radius 1 is 1.19 bits per heavy atom. The Kier molecular flexibility index (Phi) is 3.63. The van der Waals surface area contributed by atoms with Gasteiger partial charge in [-0.2, -0.15) is 5.10 Å². The Morgan fingerprint density at radius 2 is 1.81 bits per heavy atom. The molecule has 5 heteroatoms. The first-order chi connectivity index (χ1) is 7.58. The van der Waals surface area contributed by atoms with Crippen molar-refractivity contribution in [1.29, 1.82) is 0 Å². The molecule has 1 heterocycles. The Morgan fingerprint density at radius 3 is 2.31 bits per heavy atom. The van der Waals surface area contributed by atoms with Gasteiger partial charge in [0.05, 0.1) is 5.69 Å². The fourth-order valence-electron chi connectivity index (χ4n) is 1.30. The Balaban J connectivity index is 2.56. The largest absolute Gasteiger partial charge is 0.268 e. The molecule has 0 unspecified atom stereocenters. The molecule has 1 N–H and O–H groups in total. The van der Waals surface area contributed by atoms with Crippen LogP contribution in [0.4, 0.5) is 0 Å². The zero-order chi connectivity index (χ0) is 11.7. The van der Waals surface area contributed by atoms with E-state index in [4.69, 9.17) is 0 Å². The molecule has 0 saturated heterocycles. The summed E-state index contributed by atoms with van der Waals surface area (Å²) in [5, 5.41) is 6.46. The average molecular weight is 438 g/mol. The summed E-state index contributed by atoms with van der Waals surface area (Å²) in [6, 6.07) is 7.36. The van der Waals surface area contributed by atoms with E-state index in [-0.39, 0.29) is 5.56 Å². The van der Waals surface area contributed by atoms with Crippen LogP contribution in [0.2, 0.25) is 0 Å². The van der Waals surface area contributed by atoms with Crippen molar-refractivity contribution < 1.29 is 0 Å². The lowest BCUT2D eigenvalue weighted by Crippen LogP contribution is -2.05. The van der Waals surface area contributed by atoms with Gasteiger partial charge in [0.15, 0.2) is 0 Å². The first-order valence-electron chi connectivity index (χ1n) is 4.59. The van der Waals surface area contributed by atoms with E-state index in [9.17, 15) is 4.79 Å². The normalized spacial score (nSPS) is 10.4. The van der Waals surface area contributed by atoms with Gasteiger partial charge in [-0.05, 0) is 75.9 Å². The zero-order valence-electron chi connectivity index (χ0n) is 8.42. The SMILES string of the molecule is Cc1c(I)cc(-c2ccc(=O)[nH]n2)cc1I. The molecule has 2 aromatic rings. The molecule has 0 saturated carbocycles. The van der Waals surface area contributed by atoms with Crippen LogP contribution in [0.15, 0.2) is 29.1 Å². The van der Waals surface area contributed by atoms with E-state index in [1.807, 2.05) is 0 Å². The summed E-state index contributed by atoms with van der Waals surface area (Å²) < 4.78 is 2.40. The molecule has 2 rings (SSSR count). The zero-order valence-corrected chi connectivity index (χ0v) is 12.7. The van der Waals surface area contributed by atoms with Crippen molar-refractivity contribution in [2.24, 2.45) is 0 Å². The van der Waals surface area contributed by atoms with Gasteiger partial charge in [-0.15, -0.1) is 0 Å². The molecular weight excluding hydrogens is 430 g/mol. The fourth-order valence-corrected chi connectivity index (χ4v) is 3.07. The van der Waals surface area contributed by atoms with Gasteiger partial charge in [0.1, 0.15) is 0 Å². The maximum atomic E-state index is 10.9. The summed E-state index contributed by atoms with van der Waals surface area (Å²) in [7, 11) is 0. The lowest BCUT2D eigenvalue weighted by molar-refractivity contribution is 0.995. The Labute approximate surface area is 120 Å². The summed E-state index contributed by atoms with van der Waals surface area (Å²) in [4.78, 5) is 10.9. The van der Waals surface area contributed by atoms with E-state index >= 15 is 0 Å². The predicted molar refractivity (Wildman–Crippen MR) is 80.5 cm³/mol. The Hall–Kier alpha value is -0.440. The van der Waals surface area contributed by atoms with Crippen molar-refractivity contribution >= 4 is 45.2 Å². The van der Waals surface area contributed by atoms with Crippen LogP contribution in [0, 0.1) is 14.1 Å². The molecule has 1 aromatic heterocycles. The minimum absolute atomic E-state index is 0.180. The quantitative estimate of drug-likeness (QED) is 0.697. The van der Waals surface area contributed by atoms with Gasteiger partial charge in [0.2, 0.25) is 0 Å². The summed E-state index contributed by atoms with van der Waals surface area (Å²) in [6.45, 7) is 2.09. The summed E-state index contributed by atoms with van der Waals surface area (Å²) in [5.41, 5.74) is 2.90. The number of halogens is 2. The lowest BCUT2D eigenvalue weighted by Gasteiger charge is -2.06. The third kappa shape index (κ3) is 2.45. The van der Waals surface area contributed by atoms with Crippen LogP contribution in [-0.2, 0) is 0 Å². The summed E-state index contributed by atoms with van der Waals surface area (Å²) in [5.74, 6) is 0. The standard InChI is InChI=1S/C11H8I2N2O/c1-6-8(12)4-7(5-9(6)13)10-2-3-11(16)15-14-10/h2-5H,1H3,(H,15,16). The fraction of sp³-hybridized carbons (Fsp3) is 0.0909. The number of nitrogens with one attached hydrogen (secondary N) is 1. The molecule has 0 aliphatic carbocycles. The molecular formula is C11H8I2N2O. The molecule has 0 bridgehead atoms. The number of hydrogen-bond acceptors (Lipinski definition) is 2. The number of hydrogen-bond donors (Lipinski definition) is 1. The topological polar surface area (TPSA) is 45.8 Å². The second kappa shape index (κ2) is 4.82. The number of aromatic nitrogens is 2. The van der Waals surface area contributed by atoms with Crippen LogP contribution in [0.25, 0.3) is 11.3 Å². The minimum Gasteiger partial charge on any atom is -0.268 e. The van der Waals surface area contributed by atoms with E-state index < -0.39 is 0 Å². The highest BCUT2D eigenvalue weighted by molar-refractivity contribution is 14.1. The number of benzene rings is 1. The molecule has 0 radical (unpaired) electrons. The summed E-state index contributed by atoms with van der Waals surface area (Å²) in [6.07, 6.45) is 0. The van der Waals surface area contributed by atoms with Crippen molar-refractivity contribution in [3.8, 4) is 11.3 Å². The van der Waals surface area contributed by atoms with E-state index in [1.165, 1.54) is 18.8 Å². The molecule has 0 atom stereocenters. The van der Waals surface area contributed by atoms with Crippen molar-refractivity contribution in [3.63, 3.8) is 0 Å². The molecule has 0 spiro atoms. The van der Waals surface area contributed by atoms with Crippen LogP contribution in [0.1, 0.15) is 5.56 Å². The van der Waals surface area contributed by atoms with Gasteiger partial charge < -0.3 is 0 Å². The summed E-state index contributed by atoms with van der Waals surface area (Å²) >= 11 is 4.61. The van der Waals surface area contributed by atoms with E-state index in [2.05, 4.69) is 74.4 Å². The van der Waals surface area contributed by atoms with Crippen molar-refractivity contribution in [3.05, 3.63) is 47.3 Å². The average Bonchev–Trinajstić information content (AvgIpc) is 2.26. The number of nitrogens with zero attached hydrogens (tertiary/aromatic N) is 1. The highest BCUT2D eigenvalue weighted by Crippen LogP contribution is 2.25. The maximum Gasteiger partial charge on any atom is 0.264 e. The molecule has 3 nitrogen and oxygen atoms in total. The molecule has 0 aliphatic rings. The third-order valence-electron chi connectivity index (χ3n) is 2.26. The molecule has 0 amide bonds. The van der Waals surface area contributed by atoms with E-state index in [0.717, 1.165) is 11.3 Å². The molecule has 82 valence electrons. The van der Waals surface area contributed by atoms with Crippen LogP contribution < -0.4 is 5.56 Å². The van der Waals surface area contributed by atoms with Gasteiger partial charge in [-0.25, -0.2) is 5.10 Å². The van der Waals surface area contributed by atoms with Crippen molar-refractivity contribution in [2.45, 2.75) is 6.92 Å². The van der Waals surface area contributed by atoms with Crippen LogP contribution in [0.3, 0.4) is 0 Å². The third-order valence-corrected chi connectivity index (χ3v) is 4.50. The second-order valence-electron chi connectivity index (χ2n) is 3.37. The smallest absolute Gasteiger partial charge is 0.264 e. The van der Waals surface area contributed by atoms with E-state index in [0.29, 0.717) is 0 Å². The molecule has 1 aromatic carbocycles. The highest BCUT2D eigenvalue weighted by atomic mass is 127. The Bertz CT molecular complexity index is 549. The molecule has 16 heavy (non-hydrogen) atoms. The number of aromatic amines is 1. The number of H-pyrrole nitrogens is 1. The monoisotopic (exact) mass is 438 g/mol. The lowest BCUT2D eigenvalue weighted by atomic mass is 10.1. The van der Waals surface area contributed by atoms with Gasteiger partial charge in [-0.1, -0.05) is 0 Å². The van der Waals surface area contributed by atoms with Crippen molar-refractivity contribution in [1.82, 2.24) is 10.2 Å². The van der Waals surface area contributed by atoms with Gasteiger partial charge >= 0.3 is 0 Å². The second-order valence-corrected chi connectivity index (χ2v) is 5.70. The molecule has 0 aliphatic heterocycles. The first kappa shape index (κ1) is 12.0. The minimum atomic E-state index is -0.180. The van der Waals surface area contributed by atoms with Gasteiger partial charge in [-0.3, -0.25) is 4.79 Å². The predicted octanol–water partition coefficient (Wildman–Crippen LogP) is 2.95. The molecule has 0 fully saturated rings. The van der Waals surface area contributed by atoms with Gasteiger partial charge in [0, 0.05) is 18.8 Å². The van der Waals surface area contributed by atoms with Crippen LogP contribution >= 0.6 is 45.2 Å². The first-order valence-corrected chi connectivity index (χ1v) is 6.75.